The molecule has 0 unspecified atom stereocenters. The van der Waals surface area contributed by atoms with Crippen molar-refractivity contribution in [1.29, 1.82) is 5.41 Å². The first-order valence-electron chi connectivity index (χ1n) is 11.5. The zero-order chi connectivity index (χ0) is 27.9. The van der Waals surface area contributed by atoms with Crippen molar-refractivity contribution in [2.24, 2.45) is 0 Å². The molecule has 0 aliphatic rings. The van der Waals surface area contributed by atoms with Gasteiger partial charge in [-0.1, -0.05) is 27.2 Å². The summed E-state index contributed by atoms with van der Waals surface area (Å²) in [6.45, 7) is 8.56. The van der Waals surface area contributed by atoms with Crippen LogP contribution in [-0.4, -0.2) is 50.2 Å². The topological polar surface area (TPSA) is 109 Å². The molecule has 1 heterocycles. The summed E-state index contributed by atoms with van der Waals surface area (Å²) in [7, 11) is -2.42. The second-order valence-corrected chi connectivity index (χ2v) is 10.3. The van der Waals surface area contributed by atoms with Crippen molar-refractivity contribution in [1.82, 2.24) is 4.98 Å². The van der Waals surface area contributed by atoms with Crippen molar-refractivity contribution < 1.29 is 31.1 Å². The third-order valence-corrected chi connectivity index (χ3v) is 7.39. The Hall–Kier alpha value is -2.79. The number of benzene rings is 1. The number of rotatable bonds is 10. The lowest BCUT2D eigenvalue weighted by Gasteiger charge is -2.26. The molecular weight excluding hydrogens is 495 g/mol. The molecule has 11 heteroatoms. The number of carbonyl (C=O) groups excluding carboxylic acids is 1. The Morgan fingerprint density at radius 2 is 1.81 bits per heavy atom. The van der Waals surface area contributed by atoms with Crippen LogP contribution in [-0.2, 0) is 20.3 Å². The second kappa shape index (κ2) is 16.1. The Morgan fingerprint density at radius 3 is 2.28 bits per heavy atom. The van der Waals surface area contributed by atoms with Gasteiger partial charge in [-0.05, 0) is 50.6 Å². The Labute approximate surface area is 211 Å². The predicted molar refractivity (Wildman–Crippen MR) is 137 cm³/mol. The lowest BCUT2D eigenvalue weighted by atomic mass is 10.0. The number of hydrogen-bond donors (Lipinski definition) is 2. The van der Waals surface area contributed by atoms with Gasteiger partial charge in [0.05, 0.1) is 18.6 Å². The summed E-state index contributed by atoms with van der Waals surface area (Å²) in [5.74, 6) is -2.58. The maximum absolute atomic E-state index is 14.3. The minimum Gasteiger partial charge on any atom is -0.382 e. The van der Waals surface area contributed by atoms with Gasteiger partial charge in [0.1, 0.15) is 28.7 Å². The van der Waals surface area contributed by atoms with E-state index in [4.69, 9.17) is 5.41 Å². The molecule has 36 heavy (non-hydrogen) atoms. The number of pyridine rings is 1. The number of nitrogens with zero attached hydrogens (tertiary/aromatic N) is 1. The number of methoxy groups -OCH3 is 1. The van der Waals surface area contributed by atoms with Crippen LogP contribution >= 0.6 is 0 Å². The third-order valence-electron chi connectivity index (χ3n) is 4.89. The Bertz CT molecular complexity index is 1070. The minimum atomic E-state index is -3.89. The molecule has 0 radical (unpaired) electrons. The quantitative estimate of drug-likeness (QED) is 0.379. The van der Waals surface area contributed by atoms with E-state index < -0.39 is 37.9 Å². The van der Waals surface area contributed by atoms with Gasteiger partial charge in [-0.15, -0.1) is 0 Å². The van der Waals surface area contributed by atoms with E-state index in [0.717, 1.165) is 18.3 Å². The second-order valence-electron chi connectivity index (χ2n) is 7.80. The van der Waals surface area contributed by atoms with Crippen molar-refractivity contribution in [2.75, 3.05) is 25.7 Å². The van der Waals surface area contributed by atoms with E-state index in [1.165, 1.54) is 39.2 Å². The van der Waals surface area contributed by atoms with Crippen LogP contribution in [0.25, 0.3) is 0 Å². The molecule has 2 N–H and O–H groups in total. The molecule has 1 aromatic carbocycles. The Morgan fingerprint density at radius 1 is 1.17 bits per heavy atom. The van der Waals surface area contributed by atoms with Crippen LogP contribution < -0.4 is 5.32 Å². The number of carbonyl (C=O) groups is 1. The molecule has 1 aromatic heterocycles. The molecular formula is C25H36F3N3O4S. The Balaban J connectivity index is 0.00000156. The molecule has 0 atom stereocenters. The molecule has 2 aromatic rings. The highest BCUT2D eigenvalue weighted by Crippen LogP contribution is 2.27. The summed E-state index contributed by atoms with van der Waals surface area (Å²) in [5.41, 5.74) is 0.0766. The average molecular weight is 532 g/mol. The minimum absolute atomic E-state index is 0.0426. The average Bonchev–Trinajstić information content (AvgIpc) is 2.83. The van der Waals surface area contributed by atoms with Gasteiger partial charge in [-0.2, -0.15) is 0 Å². The first-order valence-corrected chi connectivity index (χ1v) is 13.1. The zero-order valence-corrected chi connectivity index (χ0v) is 22.4. The molecule has 0 aliphatic heterocycles. The first kappa shape index (κ1) is 33.2. The van der Waals surface area contributed by atoms with Gasteiger partial charge >= 0.3 is 0 Å². The maximum atomic E-state index is 14.3. The number of sulfone groups is 1. The fourth-order valence-corrected chi connectivity index (χ4v) is 4.14. The third kappa shape index (κ3) is 10.1. The monoisotopic (exact) mass is 531 g/mol. The highest BCUT2D eigenvalue weighted by atomic mass is 32.2. The summed E-state index contributed by atoms with van der Waals surface area (Å²) in [4.78, 5) is 15.9. The number of aromatic nitrogens is 1. The number of ether oxygens (including phenoxy) is 1. The van der Waals surface area contributed by atoms with Gasteiger partial charge in [0.15, 0.2) is 9.84 Å². The fraction of sp³-hybridized carbons (Fsp3) is 0.480. The molecule has 0 saturated carbocycles. The summed E-state index contributed by atoms with van der Waals surface area (Å²) < 4.78 is 66.6. The van der Waals surface area contributed by atoms with Crippen LogP contribution in [0.2, 0.25) is 0 Å². The maximum Gasteiger partial charge on any atom is 0.274 e. The molecule has 202 valence electrons. The number of hydrogen-bond acceptors (Lipinski definition) is 6. The smallest absolute Gasteiger partial charge is 0.274 e. The SMILES string of the molecule is CC.CCCC(=N)C(C)(C)S(=O)(=O)Cc1cc(NC(=O)c2ccc(F)cn2)ccc1F.COCCF. The number of amides is 1. The van der Waals surface area contributed by atoms with Gasteiger partial charge in [-0.25, -0.2) is 26.6 Å². The number of nitrogens with one attached hydrogen (secondary N) is 2. The number of anilines is 1. The number of alkyl halides is 1. The summed E-state index contributed by atoms with van der Waals surface area (Å²) in [5, 5.41) is 10.5. The lowest BCUT2D eigenvalue weighted by molar-refractivity contribution is 0.102. The fourth-order valence-electron chi connectivity index (χ4n) is 2.67. The molecule has 0 spiro atoms. The molecule has 7 nitrogen and oxygen atoms in total. The molecule has 0 aliphatic carbocycles. The highest BCUT2D eigenvalue weighted by molar-refractivity contribution is 7.92. The van der Waals surface area contributed by atoms with Crippen molar-refractivity contribution in [3.63, 3.8) is 0 Å². The zero-order valence-electron chi connectivity index (χ0n) is 21.6. The van der Waals surface area contributed by atoms with E-state index in [9.17, 15) is 26.4 Å². The van der Waals surface area contributed by atoms with Crippen molar-refractivity contribution in [2.45, 2.75) is 58.0 Å². The lowest BCUT2D eigenvalue weighted by Crippen LogP contribution is -2.41. The van der Waals surface area contributed by atoms with Gasteiger partial charge in [0, 0.05) is 24.1 Å². The molecule has 0 bridgehead atoms. The Kier molecular flexibility index (Phi) is 14.8. The highest BCUT2D eigenvalue weighted by Gasteiger charge is 2.38. The van der Waals surface area contributed by atoms with Crippen molar-refractivity contribution in [3.8, 4) is 0 Å². The molecule has 2 rings (SSSR count). The summed E-state index contributed by atoms with van der Waals surface area (Å²) in [6, 6.07) is 5.85. The van der Waals surface area contributed by atoms with Crippen LogP contribution in [0.15, 0.2) is 36.5 Å². The predicted octanol–water partition coefficient (Wildman–Crippen LogP) is 5.75. The van der Waals surface area contributed by atoms with Crippen LogP contribution in [0, 0.1) is 17.0 Å². The van der Waals surface area contributed by atoms with Gasteiger partial charge in [0.2, 0.25) is 0 Å². The van der Waals surface area contributed by atoms with Gasteiger partial charge in [0.25, 0.3) is 5.91 Å². The number of halogens is 3. The van der Waals surface area contributed by atoms with Crippen LogP contribution in [0.4, 0.5) is 18.9 Å². The van der Waals surface area contributed by atoms with E-state index in [-0.39, 0.29) is 35.9 Å². The van der Waals surface area contributed by atoms with E-state index in [0.29, 0.717) is 12.8 Å². The largest absolute Gasteiger partial charge is 0.382 e. The van der Waals surface area contributed by atoms with E-state index >= 15 is 0 Å². The van der Waals surface area contributed by atoms with Crippen LogP contribution in [0.5, 0.6) is 0 Å². The van der Waals surface area contributed by atoms with Crippen LogP contribution in [0.1, 0.15) is 63.5 Å². The van der Waals surface area contributed by atoms with Crippen molar-refractivity contribution in [3.05, 3.63) is 59.4 Å². The van der Waals surface area contributed by atoms with Crippen molar-refractivity contribution >= 4 is 27.1 Å². The summed E-state index contributed by atoms with van der Waals surface area (Å²) in [6.07, 6.45) is 1.85. The van der Waals surface area contributed by atoms with Gasteiger partial charge < -0.3 is 15.5 Å². The molecule has 0 saturated heterocycles. The van der Waals surface area contributed by atoms with Crippen LogP contribution in [0.3, 0.4) is 0 Å². The van der Waals surface area contributed by atoms with Gasteiger partial charge in [-0.3, -0.25) is 4.79 Å². The summed E-state index contributed by atoms with van der Waals surface area (Å²) >= 11 is 0. The standard InChI is InChI=1S/C20H23F2N3O3S.C3H7FO.C2H6/c1-4-5-18(23)20(2,3)29(27,28)12-13-10-15(7-8-16(13)22)25-19(26)17-9-6-14(21)11-24-17;1-5-3-2-4;1-2/h6-11,23H,4-5,12H2,1-3H3,(H,25,26);2-3H2,1H3;1-2H3. The van der Waals surface area contributed by atoms with E-state index in [1.54, 1.807) is 0 Å². The van der Waals surface area contributed by atoms with E-state index in [2.05, 4.69) is 15.0 Å². The van der Waals surface area contributed by atoms with E-state index in [1.807, 2.05) is 20.8 Å². The normalized spacial score (nSPS) is 10.9. The molecule has 0 fully saturated rings. The molecule has 1 amide bonds. The first-order chi connectivity index (χ1) is 16.9.